The maximum Gasteiger partial charge on any atom is 0.0947 e. The summed E-state index contributed by atoms with van der Waals surface area (Å²) in [5.41, 5.74) is 2.30. The van der Waals surface area contributed by atoms with Gasteiger partial charge in [-0.05, 0) is 24.2 Å². The van der Waals surface area contributed by atoms with Crippen LogP contribution in [0.5, 0.6) is 0 Å². The third-order valence-corrected chi connectivity index (χ3v) is 3.62. The van der Waals surface area contributed by atoms with Crippen molar-refractivity contribution in [2.45, 2.75) is 19.6 Å². The van der Waals surface area contributed by atoms with Crippen molar-refractivity contribution in [3.05, 3.63) is 28.2 Å². The second-order valence-corrected chi connectivity index (χ2v) is 5.40. The van der Waals surface area contributed by atoms with E-state index in [9.17, 15) is 5.11 Å². The van der Waals surface area contributed by atoms with Crippen LogP contribution in [-0.4, -0.2) is 45.1 Å². The summed E-state index contributed by atoms with van der Waals surface area (Å²) in [6, 6.07) is 6.24. The van der Waals surface area contributed by atoms with Crippen molar-refractivity contribution in [1.82, 2.24) is 5.32 Å². The second-order valence-electron chi connectivity index (χ2n) is 4.55. The molecule has 0 saturated heterocycles. The van der Waals surface area contributed by atoms with E-state index in [0.29, 0.717) is 13.2 Å². The standard InChI is InChI=1S/C14H23BrN2O2/c1-4-16-8-11-5-6-12(7-14(11)15)17(2)9-13(18)10-19-3/h5-7,13,16,18H,4,8-10H2,1-3H3. The van der Waals surface area contributed by atoms with Crippen molar-refractivity contribution in [3.63, 3.8) is 0 Å². The lowest BCUT2D eigenvalue weighted by Crippen LogP contribution is -2.31. The summed E-state index contributed by atoms with van der Waals surface area (Å²) in [6.45, 7) is 4.80. The molecule has 108 valence electrons. The van der Waals surface area contributed by atoms with Crippen molar-refractivity contribution in [2.75, 3.05) is 38.8 Å². The maximum atomic E-state index is 9.73. The number of hydrogen-bond donors (Lipinski definition) is 2. The fraction of sp³-hybridized carbons (Fsp3) is 0.571. The third-order valence-electron chi connectivity index (χ3n) is 2.89. The molecule has 5 heteroatoms. The van der Waals surface area contributed by atoms with Gasteiger partial charge in [-0.15, -0.1) is 0 Å². The minimum absolute atomic E-state index is 0.351. The molecule has 0 aliphatic heterocycles. The van der Waals surface area contributed by atoms with Gasteiger partial charge in [0.05, 0.1) is 12.7 Å². The minimum atomic E-state index is -0.477. The molecule has 0 amide bonds. The van der Waals surface area contributed by atoms with Gasteiger partial charge in [-0.2, -0.15) is 0 Å². The summed E-state index contributed by atoms with van der Waals surface area (Å²) < 4.78 is 6.02. The number of aliphatic hydroxyl groups excluding tert-OH is 1. The molecule has 0 aliphatic carbocycles. The average Bonchev–Trinajstić information content (AvgIpc) is 2.37. The fourth-order valence-electron chi connectivity index (χ4n) is 1.84. The Balaban J connectivity index is 2.65. The molecule has 4 nitrogen and oxygen atoms in total. The van der Waals surface area contributed by atoms with Crippen LogP contribution in [0, 0.1) is 0 Å². The average molecular weight is 331 g/mol. The molecule has 0 radical (unpaired) electrons. The van der Waals surface area contributed by atoms with E-state index in [4.69, 9.17) is 4.74 Å². The number of methoxy groups -OCH3 is 1. The second kappa shape index (κ2) is 8.53. The van der Waals surface area contributed by atoms with E-state index in [-0.39, 0.29) is 0 Å². The quantitative estimate of drug-likeness (QED) is 0.765. The molecule has 0 bridgehead atoms. The molecule has 1 rings (SSSR count). The van der Waals surface area contributed by atoms with Gasteiger partial charge >= 0.3 is 0 Å². The van der Waals surface area contributed by atoms with Crippen molar-refractivity contribution >= 4 is 21.6 Å². The van der Waals surface area contributed by atoms with Crippen molar-refractivity contribution in [1.29, 1.82) is 0 Å². The largest absolute Gasteiger partial charge is 0.389 e. The predicted molar refractivity (Wildman–Crippen MR) is 82.7 cm³/mol. The van der Waals surface area contributed by atoms with Gasteiger partial charge in [0.2, 0.25) is 0 Å². The van der Waals surface area contributed by atoms with E-state index in [1.807, 2.05) is 11.9 Å². The number of halogens is 1. The summed E-state index contributed by atoms with van der Waals surface area (Å²) in [6.07, 6.45) is -0.477. The van der Waals surface area contributed by atoms with Crippen LogP contribution < -0.4 is 10.2 Å². The Kier molecular flexibility index (Phi) is 7.38. The number of likely N-dealkylation sites (N-methyl/N-ethyl adjacent to an activating group) is 1. The zero-order valence-corrected chi connectivity index (χ0v) is 13.4. The number of ether oxygens (including phenoxy) is 1. The van der Waals surface area contributed by atoms with E-state index in [1.54, 1.807) is 7.11 Å². The fourth-order valence-corrected chi connectivity index (χ4v) is 2.35. The molecule has 1 unspecified atom stereocenters. The Labute approximate surface area is 123 Å². The van der Waals surface area contributed by atoms with Crippen LogP contribution in [0.3, 0.4) is 0 Å². The first-order valence-corrected chi connectivity index (χ1v) is 7.25. The number of anilines is 1. The summed E-state index contributed by atoms with van der Waals surface area (Å²) in [4.78, 5) is 2.02. The molecule has 0 fully saturated rings. The molecule has 0 aromatic heterocycles. The van der Waals surface area contributed by atoms with Crippen molar-refractivity contribution < 1.29 is 9.84 Å². The lowest BCUT2D eigenvalue weighted by atomic mass is 10.2. The SMILES string of the molecule is CCNCc1ccc(N(C)CC(O)COC)cc1Br. The Morgan fingerprint density at radius 3 is 2.79 bits per heavy atom. The molecule has 1 aromatic rings. The van der Waals surface area contributed by atoms with Gasteiger partial charge in [0.15, 0.2) is 0 Å². The van der Waals surface area contributed by atoms with E-state index < -0.39 is 6.10 Å². The van der Waals surface area contributed by atoms with E-state index in [2.05, 4.69) is 46.4 Å². The first-order valence-electron chi connectivity index (χ1n) is 6.45. The molecule has 0 saturated carbocycles. The molecular weight excluding hydrogens is 308 g/mol. The van der Waals surface area contributed by atoms with Crippen LogP contribution in [0.25, 0.3) is 0 Å². The van der Waals surface area contributed by atoms with Crippen LogP contribution in [0.2, 0.25) is 0 Å². The van der Waals surface area contributed by atoms with Crippen LogP contribution in [0.1, 0.15) is 12.5 Å². The number of aliphatic hydroxyl groups is 1. The van der Waals surface area contributed by atoms with Gasteiger partial charge in [-0.25, -0.2) is 0 Å². The molecule has 2 N–H and O–H groups in total. The van der Waals surface area contributed by atoms with Gasteiger partial charge in [-0.1, -0.05) is 28.9 Å². The zero-order chi connectivity index (χ0) is 14.3. The number of rotatable bonds is 8. The summed E-state index contributed by atoms with van der Waals surface area (Å²) in [5.74, 6) is 0. The highest BCUT2D eigenvalue weighted by atomic mass is 79.9. The Hall–Kier alpha value is -0.620. The highest BCUT2D eigenvalue weighted by Gasteiger charge is 2.10. The van der Waals surface area contributed by atoms with Crippen LogP contribution in [0.4, 0.5) is 5.69 Å². The van der Waals surface area contributed by atoms with E-state index in [0.717, 1.165) is 23.2 Å². The van der Waals surface area contributed by atoms with Crippen LogP contribution in [0.15, 0.2) is 22.7 Å². The first kappa shape index (κ1) is 16.4. The molecule has 1 aromatic carbocycles. The Morgan fingerprint density at radius 2 is 2.21 bits per heavy atom. The lowest BCUT2D eigenvalue weighted by molar-refractivity contribution is 0.0695. The molecule has 0 heterocycles. The number of hydrogen-bond acceptors (Lipinski definition) is 4. The van der Waals surface area contributed by atoms with Crippen molar-refractivity contribution in [2.24, 2.45) is 0 Å². The van der Waals surface area contributed by atoms with Gasteiger partial charge in [-0.3, -0.25) is 0 Å². The first-order chi connectivity index (χ1) is 9.08. The summed E-state index contributed by atoms with van der Waals surface area (Å²) in [7, 11) is 3.56. The molecule has 1 atom stereocenters. The zero-order valence-electron chi connectivity index (χ0n) is 11.8. The number of nitrogens with one attached hydrogen (secondary N) is 1. The van der Waals surface area contributed by atoms with Crippen LogP contribution >= 0.6 is 15.9 Å². The smallest absolute Gasteiger partial charge is 0.0947 e. The molecular formula is C14H23BrN2O2. The Morgan fingerprint density at radius 1 is 1.47 bits per heavy atom. The van der Waals surface area contributed by atoms with Gasteiger partial charge in [0, 0.05) is 37.4 Å². The minimum Gasteiger partial charge on any atom is -0.389 e. The molecule has 0 spiro atoms. The Bertz CT molecular complexity index is 388. The molecule has 19 heavy (non-hydrogen) atoms. The third kappa shape index (κ3) is 5.48. The highest BCUT2D eigenvalue weighted by molar-refractivity contribution is 9.10. The van der Waals surface area contributed by atoms with Gasteiger partial charge in [0.1, 0.15) is 0 Å². The van der Waals surface area contributed by atoms with E-state index >= 15 is 0 Å². The van der Waals surface area contributed by atoms with Crippen molar-refractivity contribution in [3.8, 4) is 0 Å². The topological polar surface area (TPSA) is 44.7 Å². The monoisotopic (exact) mass is 330 g/mol. The maximum absolute atomic E-state index is 9.73. The van der Waals surface area contributed by atoms with Gasteiger partial charge in [0.25, 0.3) is 0 Å². The normalized spacial score (nSPS) is 12.5. The summed E-state index contributed by atoms with van der Waals surface area (Å²) >= 11 is 3.59. The van der Waals surface area contributed by atoms with Gasteiger partial charge < -0.3 is 20.1 Å². The number of benzene rings is 1. The lowest BCUT2D eigenvalue weighted by Gasteiger charge is -2.23. The summed E-state index contributed by atoms with van der Waals surface area (Å²) in [5, 5.41) is 13.0. The number of nitrogens with zero attached hydrogens (tertiary/aromatic N) is 1. The van der Waals surface area contributed by atoms with E-state index in [1.165, 1.54) is 5.56 Å². The molecule has 0 aliphatic rings. The highest BCUT2D eigenvalue weighted by Crippen LogP contribution is 2.23. The van der Waals surface area contributed by atoms with Crippen LogP contribution in [-0.2, 0) is 11.3 Å². The predicted octanol–water partition coefficient (Wildman–Crippen LogP) is 2.00.